The van der Waals surface area contributed by atoms with Crippen LogP contribution in [-0.2, 0) is 4.79 Å². The van der Waals surface area contributed by atoms with E-state index in [-0.39, 0.29) is 35.5 Å². The molecule has 1 heterocycles. The number of nitrogens with two attached hydrogens (primary N) is 1. The molecule has 1 aliphatic rings. The van der Waals surface area contributed by atoms with Crippen LogP contribution in [0.3, 0.4) is 0 Å². The lowest BCUT2D eigenvalue weighted by molar-refractivity contribution is -0.115. The Bertz CT molecular complexity index is 580. The van der Waals surface area contributed by atoms with E-state index in [1.54, 1.807) is 12.1 Å². The number of hydrogen-bond acceptors (Lipinski definition) is 4. The summed E-state index contributed by atoms with van der Waals surface area (Å²) in [4.78, 5) is 25.1. The van der Waals surface area contributed by atoms with Crippen molar-refractivity contribution in [2.75, 3.05) is 11.9 Å². The first-order valence-electron chi connectivity index (χ1n) is 7.53. The fraction of sp³-hybridized carbons (Fsp3) is 0.500. The van der Waals surface area contributed by atoms with Gasteiger partial charge < -0.3 is 16.4 Å². The minimum absolute atomic E-state index is 0. The standard InChI is InChI=1S/C16H23N3O2S.ClH/c1-9(2)6-12(8-17)18-16(21)11-4-5-14-13(7-11)19-15(20)10(3)22-14;/h4-5,7,9-10,12H,6,8,17H2,1-3H3,(H,18,21)(H,19,20);1H. The van der Waals surface area contributed by atoms with Gasteiger partial charge in [-0.05, 0) is 37.5 Å². The molecule has 1 aromatic carbocycles. The maximum atomic E-state index is 12.3. The summed E-state index contributed by atoms with van der Waals surface area (Å²) < 4.78 is 0. The molecule has 7 heteroatoms. The highest BCUT2D eigenvalue weighted by Crippen LogP contribution is 2.35. The van der Waals surface area contributed by atoms with E-state index in [2.05, 4.69) is 24.5 Å². The number of fused-ring (bicyclic) bond motifs is 1. The monoisotopic (exact) mass is 357 g/mol. The van der Waals surface area contributed by atoms with Gasteiger partial charge >= 0.3 is 0 Å². The number of thioether (sulfide) groups is 1. The molecule has 128 valence electrons. The Balaban J connectivity index is 0.00000264. The van der Waals surface area contributed by atoms with E-state index in [1.807, 2.05) is 13.0 Å². The van der Waals surface area contributed by atoms with Crippen molar-refractivity contribution < 1.29 is 9.59 Å². The molecular weight excluding hydrogens is 334 g/mol. The molecule has 0 aromatic heterocycles. The Hall–Kier alpha value is -1.24. The second-order valence-corrected chi connectivity index (χ2v) is 7.38. The van der Waals surface area contributed by atoms with E-state index in [0.29, 0.717) is 23.7 Å². The summed E-state index contributed by atoms with van der Waals surface area (Å²) in [6.45, 7) is 6.48. The van der Waals surface area contributed by atoms with E-state index in [4.69, 9.17) is 5.73 Å². The molecule has 1 aliphatic heterocycles. The molecule has 0 saturated heterocycles. The Morgan fingerprint density at radius 1 is 1.43 bits per heavy atom. The van der Waals surface area contributed by atoms with Gasteiger partial charge in [0, 0.05) is 23.0 Å². The Labute approximate surface area is 147 Å². The molecule has 0 radical (unpaired) electrons. The second kappa shape index (κ2) is 8.57. The van der Waals surface area contributed by atoms with E-state index in [1.165, 1.54) is 11.8 Å². The van der Waals surface area contributed by atoms with E-state index in [9.17, 15) is 9.59 Å². The van der Waals surface area contributed by atoms with Crippen molar-refractivity contribution >= 4 is 41.7 Å². The molecule has 0 saturated carbocycles. The molecule has 4 N–H and O–H groups in total. The normalized spacial score (nSPS) is 17.8. The van der Waals surface area contributed by atoms with Gasteiger partial charge in [0.05, 0.1) is 10.9 Å². The van der Waals surface area contributed by atoms with Gasteiger partial charge in [-0.15, -0.1) is 24.2 Å². The number of halogens is 1. The fourth-order valence-corrected chi connectivity index (χ4v) is 3.33. The van der Waals surface area contributed by atoms with Gasteiger partial charge in [0.2, 0.25) is 5.91 Å². The van der Waals surface area contributed by atoms with Gasteiger partial charge in [-0.1, -0.05) is 13.8 Å². The van der Waals surface area contributed by atoms with Crippen LogP contribution in [0.5, 0.6) is 0 Å². The van der Waals surface area contributed by atoms with Crippen molar-refractivity contribution in [2.24, 2.45) is 11.7 Å². The van der Waals surface area contributed by atoms with Gasteiger partial charge in [-0.3, -0.25) is 9.59 Å². The van der Waals surface area contributed by atoms with Crippen molar-refractivity contribution in [3.63, 3.8) is 0 Å². The van der Waals surface area contributed by atoms with Gasteiger partial charge in [-0.2, -0.15) is 0 Å². The van der Waals surface area contributed by atoms with Crippen LogP contribution in [0.4, 0.5) is 5.69 Å². The zero-order chi connectivity index (χ0) is 16.3. The zero-order valence-electron chi connectivity index (χ0n) is 13.6. The van der Waals surface area contributed by atoms with Crippen LogP contribution < -0.4 is 16.4 Å². The van der Waals surface area contributed by atoms with E-state index in [0.717, 1.165) is 11.3 Å². The van der Waals surface area contributed by atoms with E-state index < -0.39 is 0 Å². The maximum Gasteiger partial charge on any atom is 0.251 e. The van der Waals surface area contributed by atoms with Crippen molar-refractivity contribution in [3.8, 4) is 0 Å². The van der Waals surface area contributed by atoms with Crippen LogP contribution in [0.25, 0.3) is 0 Å². The fourth-order valence-electron chi connectivity index (χ4n) is 2.40. The molecule has 0 bridgehead atoms. The quantitative estimate of drug-likeness (QED) is 0.756. The molecule has 1 aromatic rings. The lowest BCUT2D eigenvalue weighted by atomic mass is 10.0. The number of benzene rings is 1. The average molecular weight is 358 g/mol. The number of rotatable bonds is 5. The van der Waals surface area contributed by atoms with Gasteiger partial charge in [0.25, 0.3) is 5.91 Å². The summed E-state index contributed by atoms with van der Waals surface area (Å²) in [5, 5.41) is 5.69. The summed E-state index contributed by atoms with van der Waals surface area (Å²) in [6, 6.07) is 5.36. The molecule has 2 rings (SSSR count). The smallest absolute Gasteiger partial charge is 0.251 e. The van der Waals surface area contributed by atoms with Crippen LogP contribution in [0.15, 0.2) is 23.1 Å². The highest BCUT2D eigenvalue weighted by atomic mass is 35.5. The maximum absolute atomic E-state index is 12.3. The summed E-state index contributed by atoms with van der Waals surface area (Å²) in [7, 11) is 0. The zero-order valence-corrected chi connectivity index (χ0v) is 15.2. The molecule has 0 aliphatic carbocycles. The van der Waals surface area contributed by atoms with Crippen molar-refractivity contribution in [3.05, 3.63) is 23.8 Å². The first kappa shape index (κ1) is 19.8. The first-order chi connectivity index (χ1) is 10.4. The van der Waals surface area contributed by atoms with Crippen LogP contribution in [0.1, 0.15) is 37.6 Å². The predicted octanol–water partition coefficient (Wildman–Crippen LogP) is 2.64. The lowest BCUT2D eigenvalue weighted by Crippen LogP contribution is -2.41. The predicted molar refractivity (Wildman–Crippen MR) is 97.4 cm³/mol. The summed E-state index contributed by atoms with van der Waals surface area (Å²) >= 11 is 1.50. The molecule has 2 atom stereocenters. The number of carbonyl (C=O) groups is 2. The third kappa shape index (κ3) is 5.12. The first-order valence-corrected chi connectivity index (χ1v) is 8.41. The molecular formula is C16H24ClN3O2S. The molecule has 23 heavy (non-hydrogen) atoms. The summed E-state index contributed by atoms with van der Waals surface area (Å²) in [5.74, 6) is 0.279. The van der Waals surface area contributed by atoms with Gasteiger partial charge in [0.15, 0.2) is 0 Å². The lowest BCUT2D eigenvalue weighted by Gasteiger charge is -2.22. The van der Waals surface area contributed by atoms with E-state index >= 15 is 0 Å². The topological polar surface area (TPSA) is 84.2 Å². The number of carbonyl (C=O) groups excluding carboxylic acids is 2. The number of amides is 2. The van der Waals surface area contributed by atoms with Gasteiger partial charge in [-0.25, -0.2) is 0 Å². The summed E-state index contributed by atoms with van der Waals surface area (Å²) in [5.41, 5.74) is 6.96. The summed E-state index contributed by atoms with van der Waals surface area (Å²) in [6.07, 6.45) is 0.845. The van der Waals surface area contributed by atoms with Crippen molar-refractivity contribution in [1.29, 1.82) is 0 Å². The third-order valence-electron chi connectivity index (χ3n) is 3.55. The minimum Gasteiger partial charge on any atom is -0.348 e. The van der Waals surface area contributed by atoms with Crippen molar-refractivity contribution in [1.82, 2.24) is 5.32 Å². The number of hydrogen-bond donors (Lipinski definition) is 3. The largest absolute Gasteiger partial charge is 0.348 e. The highest BCUT2D eigenvalue weighted by molar-refractivity contribution is 8.00. The molecule has 0 spiro atoms. The third-order valence-corrected chi connectivity index (χ3v) is 4.73. The SMILES string of the molecule is CC(C)CC(CN)NC(=O)c1ccc2c(c1)NC(=O)C(C)S2.Cl. The minimum atomic E-state index is -0.156. The Kier molecular flexibility index (Phi) is 7.38. The number of anilines is 1. The Morgan fingerprint density at radius 2 is 2.13 bits per heavy atom. The second-order valence-electron chi connectivity index (χ2n) is 6.00. The Morgan fingerprint density at radius 3 is 2.74 bits per heavy atom. The van der Waals surface area contributed by atoms with Crippen molar-refractivity contribution in [2.45, 2.75) is 43.4 Å². The van der Waals surface area contributed by atoms with Gasteiger partial charge in [0.1, 0.15) is 0 Å². The molecule has 0 fully saturated rings. The van der Waals surface area contributed by atoms with Crippen LogP contribution in [0, 0.1) is 5.92 Å². The molecule has 2 amide bonds. The molecule has 5 nitrogen and oxygen atoms in total. The van der Waals surface area contributed by atoms with Crippen LogP contribution in [0.2, 0.25) is 0 Å². The molecule has 2 unspecified atom stereocenters. The average Bonchev–Trinajstić information content (AvgIpc) is 2.46. The van der Waals surface area contributed by atoms with Crippen LogP contribution >= 0.6 is 24.2 Å². The highest BCUT2D eigenvalue weighted by Gasteiger charge is 2.24. The number of nitrogens with one attached hydrogen (secondary N) is 2. The van der Waals surface area contributed by atoms with Crippen LogP contribution in [-0.4, -0.2) is 29.7 Å².